The van der Waals surface area contributed by atoms with Crippen LogP contribution in [-0.2, 0) is 6.54 Å². The number of carbonyl (C=O) groups excluding carboxylic acids is 1. The average molecular weight is 324 g/mol. The van der Waals surface area contributed by atoms with Gasteiger partial charge in [-0.3, -0.25) is 9.78 Å². The molecular weight excluding hydrogens is 308 g/mol. The van der Waals surface area contributed by atoms with E-state index in [0.29, 0.717) is 12.1 Å². The van der Waals surface area contributed by atoms with E-state index in [1.54, 1.807) is 48.9 Å². The van der Waals surface area contributed by atoms with Crippen LogP contribution in [0.2, 0.25) is 0 Å². The Bertz CT molecular complexity index is 783. The molecule has 0 unspecified atom stereocenters. The highest BCUT2D eigenvalue weighted by atomic mass is 32.1. The Kier molecular flexibility index (Phi) is 4.68. The summed E-state index contributed by atoms with van der Waals surface area (Å²) < 4.78 is 5.09. The van der Waals surface area contributed by atoms with Crippen LogP contribution in [0, 0.1) is 0 Å². The van der Waals surface area contributed by atoms with E-state index in [0.717, 1.165) is 16.9 Å². The molecule has 2 aromatic heterocycles. The van der Waals surface area contributed by atoms with Crippen LogP contribution in [0.5, 0.6) is 5.75 Å². The molecule has 1 N–H and O–H groups in total. The lowest BCUT2D eigenvalue weighted by atomic mass is 10.1. The van der Waals surface area contributed by atoms with Gasteiger partial charge in [0.25, 0.3) is 5.91 Å². The minimum atomic E-state index is -0.117. The first kappa shape index (κ1) is 15.2. The first-order valence-corrected chi connectivity index (χ1v) is 8.04. The molecule has 0 fully saturated rings. The number of pyridine rings is 1. The summed E-state index contributed by atoms with van der Waals surface area (Å²) in [6.45, 7) is 0.442. The van der Waals surface area contributed by atoms with Crippen molar-refractivity contribution in [3.05, 3.63) is 71.4 Å². The summed E-state index contributed by atoms with van der Waals surface area (Å²) in [6.07, 6.45) is 3.60. The van der Waals surface area contributed by atoms with E-state index in [2.05, 4.69) is 16.4 Å². The minimum absolute atomic E-state index is 0.117. The van der Waals surface area contributed by atoms with Gasteiger partial charge in [-0.2, -0.15) is 0 Å². The number of methoxy groups -OCH3 is 1. The molecule has 116 valence electrons. The zero-order valence-corrected chi connectivity index (χ0v) is 13.5. The summed E-state index contributed by atoms with van der Waals surface area (Å²) in [5.74, 6) is 0.614. The molecule has 0 saturated heterocycles. The topological polar surface area (TPSA) is 51.2 Å². The summed E-state index contributed by atoms with van der Waals surface area (Å²) >= 11 is 1.67. The Hall–Kier alpha value is -2.66. The maximum Gasteiger partial charge on any atom is 0.251 e. The van der Waals surface area contributed by atoms with E-state index in [-0.39, 0.29) is 5.91 Å². The van der Waals surface area contributed by atoms with Crippen molar-refractivity contribution >= 4 is 17.2 Å². The quantitative estimate of drug-likeness (QED) is 0.777. The Morgan fingerprint density at radius 1 is 1.22 bits per heavy atom. The molecule has 0 saturated carbocycles. The molecule has 4 nitrogen and oxygen atoms in total. The number of hydrogen-bond donors (Lipinski definition) is 1. The van der Waals surface area contributed by atoms with E-state index in [1.807, 2.05) is 23.7 Å². The average Bonchev–Trinajstić information content (AvgIpc) is 3.15. The van der Waals surface area contributed by atoms with Crippen molar-refractivity contribution in [3.63, 3.8) is 0 Å². The van der Waals surface area contributed by atoms with Crippen LogP contribution in [0.3, 0.4) is 0 Å². The lowest BCUT2D eigenvalue weighted by Gasteiger charge is -2.07. The highest BCUT2D eigenvalue weighted by Crippen LogP contribution is 2.24. The fraction of sp³-hybridized carbons (Fsp3) is 0.111. The molecule has 0 aliphatic carbocycles. The summed E-state index contributed by atoms with van der Waals surface area (Å²) in [5, 5.41) is 4.94. The van der Waals surface area contributed by atoms with Gasteiger partial charge in [-0.05, 0) is 47.3 Å². The van der Waals surface area contributed by atoms with Gasteiger partial charge in [0.05, 0.1) is 7.11 Å². The van der Waals surface area contributed by atoms with E-state index in [1.165, 1.54) is 4.88 Å². The number of amides is 1. The predicted octanol–water partition coefficient (Wildman–Crippen LogP) is 3.75. The van der Waals surface area contributed by atoms with Gasteiger partial charge >= 0.3 is 0 Å². The van der Waals surface area contributed by atoms with Crippen molar-refractivity contribution in [2.24, 2.45) is 0 Å². The zero-order valence-electron chi connectivity index (χ0n) is 12.7. The largest absolute Gasteiger partial charge is 0.497 e. The maximum absolute atomic E-state index is 12.2. The monoisotopic (exact) mass is 324 g/mol. The van der Waals surface area contributed by atoms with Gasteiger partial charge in [0.15, 0.2) is 0 Å². The Morgan fingerprint density at radius 2 is 2.04 bits per heavy atom. The van der Waals surface area contributed by atoms with E-state index in [9.17, 15) is 4.79 Å². The number of nitrogens with one attached hydrogen (secondary N) is 1. The fourth-order valence-electron chi connectivity index (χ4n) is 2.19. The predicted molar refractivity (Wildman–Crippen MR) is 91.7 cm³/mol. The molecule has 23 heavy (non-hydrogen) atoms. The third kappa shape index (κ3) is 3.76. The summed E-state index contributed by atoms with van der Waals surface area (Å²) in [7, 11) is 1.60. The van der Waals surface area contributed by atoms with Gasteiger partial charge in [-0.15, -0.1) is 11.3 Å². The third-order valence-corrected chi connectivity index (χ3v) is 4.32. The summed E-state index contributed by atoms with van der Waals surface area (Å²) in [4.78, 5) is 17.6. The van der Waals surface area contributed by atoms with Crippen LogP contribution >= 0.6 is 11.3 Å². The standard InChI is InChI=1S/C18H16N2O2S/c1-22-16-6-4-14(5-7-16)18(21)20-11-13-9-15(12-19-10-13)17-3-2-8-23-17/h2-10,12H,11H2,1H3,(H,20,21). The van der Waals surface area contributed by atoms with E-state index < -0.39 is 0 Å². The molecule has 2 heterocycles. The molecule has 0 aliphatic rings. The summed E-state index contributed by atoms with van der Waals surface area (Å²) in [5.41, 5.74) is 2.64. The van der Waals surface area contributed by atoms with Gasteiger partial charge in [0, 0.05) is 34.9 Å². The number of carbonyl (C=O) groups is 1. The second-order valence-corrected chi connectivity index (χ2v) is 5.92. The van der Waals surface area contributed by atoms with Crippen molar-refractivity contribution < 1.29 is 9.53 Å². The Labute approximate surface area is 138 Å². The van der Waals surface area contributed by atoms with Crippen LogP contribution in [0.15, 0.2) is 60.2 Å². The van der Waals surface area contributed by atoms with Crippen LogP contribution in [0.25, 0.3) is 10.4 Å². The smallest absolute Gasteiger partial charge is 0.251 e. The van der Waals surface area contributed by atoms with Crippen LogP contribution < -0.4 is 10.1 Å². The highest BCUT2D eigenvalue weighted by Gasteiger charge is 2.06. The molecule has 1 amide bonds. The van der Waals surface area contributed by atoms with Crippen molar-refractivity contribution in [2.45, 2.75) is 6.54 Å². The zero-order chi connectivity index (χ0) is 16.1. The molecular formula is C18H16N2O2S. The van der Waals surface area contributed by atoms with Gasteiger partial charge in [0.2, 0.25) is 0 Å². The molecule has 0 aliphatic heterocycles. The molecule has 3 rings (SSSR count). The number of ether oxygens (including phenoxy) is 1. The third-order valence-electron chi connectivity index (χ3n) is 3.41. The molecule has 1 aromatic carbocycles. The van der Waals surface area contributed by atoms with Crippen LogP contribution in [0.1, 0.15) is 15.9 Å². The van der Waals surface area contributed by atoms with Gasteiger partial charge in [-0.1, -0.05) is 6.07 Å². The Morgan fingerprint density at radius 3 is 2.74 bits per heavy atom. The first-order valence-electron chi connectivity index (χ1n) is 7.16. The number of rotatable bonds is 5. The lowest BCUT2D eigenvalue weighted by Crippen LogP contribution is -2.22. The van der Waals surface area contributed by atoms with Crippen molar-refractivity contribution in [1.29, 1.82) is 0 Å². The normalized spacial score (nSPS) is 10.3. The van der Waals surface area contributed by atoms with Crippen LogP contribution in [0.4, 0.5) is 0 Å². The number of aromatic nitrogens is 1. The number of hydrogen-bond acceptors (Lipinski definition) is 4. The number of nitrogens with zero attached hydrogens (tertiary/aromatic N) is 1. The number of thiophene rings is 1. The second-order valence-electron chi connectivity index (χ2n) is 4.97. The van der Waals surface area contributed by atoms with Gasteiger partial charge in [-0.25, -0.2) is 0 Å². The van der Waals surface area contributed by atoms with Gasteiger partial charge < -0.3 is 10.1 Å². The van der Waals surface area contributed by atoms with Crippen molar-refractivity contribution in [2.75, 3.05) is 7.11 Å². The van der Waals surface area contributed by atoms with E-state index in [4.69, 9.17) is 4.74 Å². The van der Waals surface area contributed by atoms with Crippen molar-refractivity contribution in [3.8, 4) is 16.2 Å². The molecule has 0 atom stereocenters. The lowest BCUT2D eigenvalue weighted by molar-refractivity contribution is 0.0951. The molecule has 5 heteroatoms. The molecule has 3 aromatic rings. The van der Waals surface area contributed by atoms with Crippen LogP contribution in [-0.4, -0.2) is 18.0 Å². The van der Waals surface area contributed by atoms with E-state index >= 15 is 0 Å². The Balaban J connectivity index is 1.65. The van der Waals surface area contributed by atoms with Crippen molar-refractivity contribution in [1.82, 2.24) is 10.3 Å². The molecule has 0 radical (unpaired) electrons. The minimum Gasteiger partial charge on any atom is -0.497 e. The SMILES string of the molecule is COc1ccc(C(=O)NCc2cncc(-c3cccs3)c2)cc1. The molecule has 0 bridgehead atoms. The van der Waals surface area contributed by atoms with Gasteiger partial charge in [0.1, 0.15) is 5.75 Å². The maximum atomic E-state index is 12.2. The summed E-state index contributed by atoms with van der Waals surface area (Å²) in [6, 6.07) is 13.2. The number of benzene rings is 1. The second kappa shape index (κ2) is 7.07. The fourth-order valence-corrected chi connectivity index (χ4v) is 2.90. The highest BCUT2D eigenvalue weighted by molar-refractivity contribution is 7.13. The first-order chi connectivity index (χ1) is 11.3. The molecule has 0 spiro atoms.